The van der Waals surface area contributed by atoms with Gasteiger partial charge in [-0.15, -0.1) is 0 Å². The summed E-state index contributed by atoms with van der Waals surface area (Å²) in [5.41, 5.74) is 1.07. The molecular formula is C23H31N7O4S2. The molecule has 2 N–H and O–H groups in total. The number of aromatic nitrogens is 4. The first kappa shape index (κ1) is 26.3. The lowest BCUT2D eigenvalue weighted by Gasteiger charge is -2.25. The molecule has 0 bridgehead atoms. The Hall–Kier alpha value is -2.74. The van der Waals surface area contributed by atoms with E-state index < -0.39 is 10.0 Å². The van der Waals surface area contributed by atoms with Crippen LogP contribution < -0.4 is 10.6 Å². The minimum atomic E-state index is -3.52. The molecule has 1 aliphatic rings. The molecule has 2 aromatic heterocycles. The van der Waals surface area contributed by atoms with Gasteiger partial charge < -0.3 is 15.4 Å². The lowest BCUT2D eigenvalue weighted by atomic mass is 10.2. The van der Waals surface area contributed by atoms with Gasteiger partial charge >= 0.3 is 0 Å². The first-order valence-electron chi connectivity index (χ1n) is 11.8. The zero-order valence-electron chi connectivity index (χ0n) is 20.4. The van der Waals surface area contributed by atoms with Gasteiger partial charge in [-0.2, -0.15) is 9.40 Å². The molecule has 0 unspecified atom stereocenters. The number of benzene rings is 1. The SMILES string of the molecule is COCCNc1nc(SC)nc2c1cnn2CCNC(=O)c1ccc(S(=O)(=O)N2CCCCC2)cc1. The number of nitrogens with one attached hydrogen (secondary N) is 2. The number of hydrogen-bond acceptors (Lipinski definition) is 9. The molecule has 0 radical (unpaired) electrons. The van der Waals surface area contributed by atoms with Crippen LogP contribution in [0, 0.1) is 0 Å². The fourth-order valence-corrected chi connectivity index (χ4v) is 5.88. The molecular weight excluding hydrogens is 502 g/mol. The van der Waals surface area contributed by atoms with E-state index in [4.69, 9.17) is 4.74 Å². The molecule has 3 aromatic rings. The summed E-state index contributed by atoms with van der Waals surface area (Å²) in [7, 11) is -1.88. The van der Waals surface area contributed by atoms with E-state index >= 15 is 0 Å². The highest BCUT2D eigenvalue weighted by Gasteiger charge is 2.26. The van der Waals surface area contributed by atoms with Gasteiger partial charge in [-0.05, 0) is 43.4 Å². The maximum absolute atomic E-state index is 12.8. The van der Waals surface area contributed by atoms with Crippen LogP contribution in [-0.2, 0) is 21.3 Å². The summed E-state index contributed by atoms with van der Waals surface area (Å²) in [6.45, 7) is 2.98. The van der Waals surface area contributed by atoms with Crippen LogP contribution in [0.3, 0.4) is 0 Å². The van der Waals surface area contributed by atoms with E-state index in [0.29, 0.717) is 61.5 Å². The monoisotopic (exact) mass is 533 g/mol. The molecule has 1 saturated heterocycles. The highest BCUT2D eigenvalue weighted by molar-refractivity contribution is 7.98. The predicted molar refractivity (Wildman–Crippen MR) is 139 cm³/mol. The number of methoxy groups -OCH3 is 1. The summed E-state index contributed by atoms with van der Waals surface area (Å²) in [5, 5.41) is 12.0. The number of rotatable bonds is 11. The average Bonchev–Trinajstić information content (AvgIpc) is 3.32. The van der Waals surface area contributed by atoms with E-state index in [-0.39, 0.29) is 10.8 Å². The van der Waals surface area contributed by atoms with Crippen molar-refractivity contribution in [3.63, 3.8) is 0 Å². The van der Waals surface area contributed by atoms with Crippen LogP contribution in [0.1, 0.15) is 29.6 Å². The molecule has 13 heteroatoms. The van der Waals surface area contributed by atoms with Gasteiger partial charge in [0.1, 0.15) is 5.82 Å². The zero-order valence-corrected chi connectivity index (χ0v) is 22.1. The van der Waals surface area contributed by atoms with Gasteiger partial charge in [0, 0.05) is 38.9 Å². The zero-order chi connectivity index (χ0) is 25.5. The largest absolute Gasteiger partial charge is 0.383 e. The molecule has 1 fully saturated rings. The van der Waals surface area contributed by atoms with Crippen molar-refractivity contribution >= 4 is 44.5 Å². The summed E-state index contributed by atoms with van der Waals surface area (Å²) in [6, 6.07) is 6.09. The van der Waals surface area contributed by atoms with Crippen molar-refractivity contribution in [2.75, 3.05) is 51.5 Å². The third kappa shape index (κ3) is 5.97. The highest BCUT2D eigenvalue weighted by Crippen LogP contribution is 2.23. The second kappa shape index (κ2) is 12.0. The van der Waals surface area contributed by atoms with Gasteiger partial charge in [0.05, 0.1) is 29.6 Å². The topological polar surface area (TPSA) is 131 Å². The summed E-state index contributed by atoms with van der Waals surface area (Å²) in [4.78, 5) is 22.0. The Morgan fingerprint density at radius 1 is 1.11 bits per heavy atom. The molecule has 1 amide bonds. The van der Waals surface area contributed by atoms with Crippen molar-refractivity contribution in [1.29, 1.82) is 0 Å². The Balaban J connectivity index is 1.38. The summed E-state index contributed by atoms with van der Waals surface area (Å²) >= 11 is 1.44. The van der Waals surface area contributed by atoms with Gasteiger partial charge in [0.25, 0.3) is 5.91 Å². The normalized spacial score (nSPS) is 14.7. The van der Waals surface area contributed by atoms with Crippen LogP contribution in [0.15, 0.2) is 40.5 Å². The molecule has 1 aliphatic heterocycles. The van der Waals surface area contributed by atoms with E-state index in [1.54, 1.807) is 30.1 Å². The molecule has 3 heterocycles. The number of piperidine rings is 1. The van der Waals surface area contributed by atoms with Crippen molar-refractivity contribution in [1.82, 2.24) is 29.4 Å². The van der Waals surface area contributed by atoms with Crippen LogP contribution in [0.2, 0.25) is 0 Å². The van der Waals surface area contributed by atoms with Gasteiger partial charge in [-0.1, -0.05) is 18.2 Å². The second-order valence-corrected chi connectivity index (χ2v) is 11.0. The summed E-state index contributed by atoms with van der Waals surface area (Å²) < 4.78 is 34.0. The Labute approximate surface area is 215 Å². The van der Waals surface area contributed by atoms with Crippen molar-refractivity contribution in [2.24, 2.45) is 0 Å². The van der Waals surface area contributed by atoms with Crippen LogP contribution in [0.5, 0.6) is 0 Å². The van der Waals surface area contributed by atoms with E-state index in [1.165, 1.54) is 28.2 Å². The van der Waals surface area contributed by atoms with Gasteiger partial charge in [-0.3, -0.25) is 4.79 Å². The van der Waals surface area contributed by atoms with Crippen molar-refractivity contribution in [2.45, 2.75) is 35.9 Å². The number of carbonyl (C=O) groups excluding carboxylic acids is 1. The fraction of sp³-hybridized carbons (Fsp3) is 0.478. The number of hydrogen-bond donors (Lipinski definition) is 2. The predicted octanol–water partition coefficient (Wildman–Crippen LogP) is 2.21. The quantitative estimate of drug-likeness (QED) is 0.216. The lowest BCUT2D eigenvalue weighted by Crippen LogP contribution is -2.35. The Morgan fingerprint density at radius 2 is 1.86 bits per heavy atom. The number of nitrogens with zero attached hydrogens (tertiary/aromatic N) is 5. The second-order valence-electron chi connectivity index (χ2n) is 8.33. The van der Waals surface area contributed by atoms with Crippen molar-refractivity contribution in [3.05, 3.63) is 36.0 Å². The number of amides is 1. The summed E-state index contributed by atoms with van der Waals surface area (Å²) in [5.74, 6) is 0.408. The molecule has 0 atom stereocenters. The number of thioether (sulfide) groups is 1. The van der Waals surface area contributed by atoms with Crippen LogP contribution >= 0.6 is 11.8 Å². The van der Waals surface area contributed by atoms with Gasteiger partial charge in [0.2, 0.25) is 10.0 Å². The smallest absolute Gasteiger partial charge is 0.251 e. The number of ether oxygens (including phenoxy) is 1. The Kier molecular flexibility index (Phi) is 8.77. The molecule has 0 saturated carbocycles. The van der Waals surface area contributed by atoms with Gasteiger partial charge in [0.15, 0.2) is 10.8 Å². The first-order chi connectivity index (χ1) is 17.4. The lowest BCUT2D eigenvalue weighted by molar-refractivity contribution is 0.0952. The Morgan fingerprint density at radius 3 is 2.56 bits per heavy atom. The third-order valence-corrected chi connectivity index (χ3v) is 8.40. The molecule has 0 aliphatic carbocycles. The highest BCUT2D eigenvalue weighted by atomic mass is 32.2. The molecule has 11 nitrogen and oxygen atoms in total. The standard InChI is InChI=1S/C23H31N7O4S2/c1-34-15-11-24-20-19-16-26-30(21(19)28-23(27-20)35-2)14-10-25-22(31)17-6-8-18(9-7-17)36(32,33)29-12-4-3-5-13-29/h6-9,16H,3-5,10-15H2,1-2H3,(H,25,31)(H,24,27,28). The molecule has 4 rings (SSSR count). The number of sulfonamides is 1. The minimum absolute atomic E-state index is 0.211. The maximum Gasteiger partial charge on any atom is 0.251 e. The number of carbonyl (C=O) groups is 1. The van der Waals surface area contributed by atoms with E-state index in [2.05, 4.69) is 25.7 Å². The average molecular weight is 534 g/mol. The van der Waals surface area contributed by atoms with Crippen molar-refractivity contribution in [3.8, 4) is 0 Å². The summed E-state index contributed by atoms with van der Waals surface area (Å²) in [6.07, 6.45) is 6.42. The Bertz CT molecular complexity index is 1290. The first-order valence-corrected chi connectivity index (χ1v) is 14.5. The van der Waals surface area contributed by atoms with Crippen LogP contribution in [-0.4, -0.2) is 84.5 Å². The van der Waals surface area contributed by atoms with Crippen molar-refractivity contribution < 1.29 is 17.9 Å². The van der Waals surface area contributed by atoms with Crippen LogP contribution in [0.4, 0.5) is 5.82 Å². The van der Waals surface area contributed by atoms with E-state index in [9.17, 15) is 13.2 Å². The maximum atomic E-state index is 12.8. The molecule has 194 valence electrons. The van der Waals surface area contributed by atoms with E-state index in [0.717, 1.165) is 24.6 Å². The number of anilines is 1. The molecule has 36 heavy (non-hydrogen) atoms. The minimum Gasteiger partial charge on any atom is -0.383 e. The molecule has 0 spiro atoms. The third-order valence-electron chi connectivity index (χ3n) is 5.94. The number of fused-ring (bicyclic) bond motifs is 1. The fourth-order valence-electron chi connectivity index (χ4n) is 4.01. The van der Waals surface area contributed by atoms with Crippen LogP contribution in [0.25, 0.3) is 11.0 Å². The van der Waals surface area contributed by atoms with E-state index in [1.807, 2.05) is 6.26 Å². The van der Waals surface area contributed by atoms with Gasteiger partial charge in [-0.25, -0.2) is 23.1 Å². The molecule has 1 aromatic carbocycles.